The SMILES string of the molecule is CC(=O)NC[C@H]1CN(c2ccc(-c3ccc(CS(=O)I)cc3)c(F)c2)C(=O)O1. The van der Waals surface area contributed by atoms with Gasteiger partial charge in [-0.25, -0.2) is 13.4 Å². The maximum absolute atomic E-state index is 14.7. The van der Waals surface area contributed by atoms with Crippen molar-refractivity contribution < 1.29 is 22.9 Å². The molecule has 1 N–H and O–H groups in total. The van der Waals surface area contributed by atoms with Gasteiger partial charge in [0.15, 0.2) is 0 Å². The summed E-state index contributed by atoms with van der Waals surface area (Å²) in [5, 5.41) is 2.60. The Morgan fingerprint density at radius 2 is 2.04 bits per heavy atom. The third-order valence-electron chi connectivity index (χ3n) is 4.26. The summed E-state index contributed by atoms with van der Waals surface area (Å²) in [5.41, 5.74) is 2.42. The molecule has 9 heteroatoms. The summed E-state index contributed by atoms with van der Waals surface area (Å²) >= 11 is 1.85. The number of rotatable bonds is 6. The number of nitrogens with zero attached hydrogens (tertiary/aromatic N) is 1. The third kappa shape index (κ3) is 5.07. The molecule has 0 radical (unpaired) electrons. The van der Waals surface area contributed by atoms with E-state index < -0.39 is 26.0 Å². The maximum Gasteiger partial charge on any atom is 0.414 e. The van der Waals surface area contributed by atoms with Gasteiger partial charge >= 0.3 is 6.09 Å². The van der Waals surface area contributed by atoms with Crippen molar-refractivity contribution in [1.29, 1.82) is 0 Å². The molecule has 0 bridgehead atoms. The van der Waals surface area contributed by atoms with E-state index in [1.165, 1.54) is 17.9 Å². The van der Waals surface area contributed by atoms with Crippen LogP contribution in [0.2, 0.25) is 0 Å². The Labute approximate surface area is 176 Å². The molecular weight excluding hydrogens is 498 g/mol. The lowest BCUT2D eigenvalue weighted by atomic mass is 10.0. The maximum atomic E-state index is 14.7. The second-order valence-corrected chi connectivity index (χ2v) is 10.2. The molecule has 28 heavy (non-hydrogen) atoms. The van der Waals surface area contributed by atoms with Gasteiger partial charge in [0.1, 0.15) is 11.9 Å². The Bertz CT molecular complexity index is 923. The van der Waals surface area contributed by atoms with Crippen molar-refractivity contribution in [2.24, 2.45) is 0 Å². The molecule has 1 saturated heterocycles. The van der Waals surface area contributed by atoms with Gasteiger partial charge in [0, 0.05) is 33.7 Å². The summed E-state index contributed by atoms with van der Waals surface area (Å²) in [6, 6.07) is 11.8. The minimum atomic E-state index is -0.964. The molecule has 148 valence electrons. The van der Waals surface area contributed by atoms with Gasteiger partial charge < -0.3 is 10.1 Å². The molecule has 6 nitrogen and oxygen atoms in total. The number of carbonyl (C=O) groups is 2. The van der Waals surface area contributed by atoms with E-state index in [-0.39, 0.29) is 19.0 Å². The largest absolute Gasteiger partial charge is 0.442 e. The Kier molecular flexibility index (Phi) is 6.65. The smallest absolute Gasteiger partial charge is 0.414 e. The first-order valence-electron chi connectivity index (χ1n) is 8.49. The van der Waals surface area contributed by atoms with Gasteiger partial charge in [-0.05, 0) is 29.3 Å². The van der Waals surface area contributed by atoms with E-state index in [1.807, 2.05) is 33.3 Å². The molecule has 1 aliphatic rings. The van der Waals surface area contributed by atoms with E-state index in [2.05, 4.69) is 5.32 Å². The van der Waals surface area contributed by atoms with Crippen LogP contribution in [0.3, 0.4) is 0 Å². The van der Waals surface area contributed by atoms with Gasteiger partial charge in [0.2, 0.25) is 5.91 Å². The van der Waals surface area contributed by atoms with Gasteiger partial charge in [-0.15, -0.1) is 0 Å². The van der Waals surface area contributed by atoms with Crippen LogP contribution >= 0.6 is 21.2 Å². The van der Waals surface area contributed by atoms with Crippen molar-refractivity contribution in [1.82, 2.24) is 5.32 Å². The van der Waals surface area contributed by atoms with Crippen molar-refractivity contribution in [2.45, 2.75) is 18.8 Å². The summed E-state index contributed by atoms with van der Waals surface area (Å²) in [5.74, 6) is -0.222. The fraction of sp³-hybridized carbons (Fsp3) is 0.263. The Balaban J connectivity index is 1.74. The molecule has 1 fully saturated rings. The lowest BCUT2D eigenvalue weighted by Crippen LogP contribution is -2.33. The highest BCUT2D eigenvalue weighted by Gasteiger charge is 2.32. The van der Waals surface area contributed by atoms with Crippen LogP contribution in [0.25, 0.3) is 11.1 Å². The first-order valence-corrected chi connectivity index (χ1v) is 12.4. The number of hydrogen-bond donors (Lipinski definition) is 1. The van der Waals surface area contributed by atoms with Crippen molar-refractivity contribution in [3.05, 3.63) is 53.8 Å². The standard InChI is InChI=1S/C19H18FIN2O4S/c1-12(24)22-9-16-10-23(19(25)27-16)15-6-7-17(18(20)8-15)14-4-2-13(3-5-14)11-28(21)26/h2-8,16H,9-11H2,1H3,(H,22,24)/t16-,28?/m0/s1. The molecule has 0 aromatic heterocycles. The van der Waals surface area contributed by atoms with Gasteiger partial charge in [-0.3, -0.25) is 9.69 Å². The Hall–Kier alpha value is -2.01. The van der Waals surface area contributed by atoms with E-state index in [4.69, 9.17) is 4.74 Å². The van der Waals surface area contributed by atoms with Gasteiger partial charge in [0.05, 0.1) is 32.5 Å². The van der Waals surface area contributed by atoms with Crippen LogP contribution in [0.4, 0.5) is 14.9 Å². The molecule has 2 atom stereocenters. The number of carbonyl (C=O) groups excluding carboxylic acids is 2. The van der Waals surface area contributed by atoms with E-state index in [0.717, 1.165) is 5.56 Å². The Morgan fingerprint density at radius 1 is 1.32 bits per heavy atom. The highest BCUT2D eigenvalue weighted by Crippen LogP contribution is 2.29. The lowest BCUT2D eigenvalue weighted by molar-refractivity contribution is -0.119. The minimum absolute atomic E-state index is 0.208. The van der Waals surface area contributed by atoms with Crippen molar-refractivity contribution in [3.8, 4) is 11.1 Å². The van der Waals surface area contributed by atoms with Crippen LogP contribution < -0.4 is 10.2 Å². The van der Waals surface area contributed by atoms with Crippen LogP contribution in [0.5, 0.6) is 0 Å². The second-order valence-electron chi connectivity index (χ2n) is 6.35. The van der Waals surface area contributed by atoms with Crippen LogP contribution in [0, 0.1) is 5.82 Å². The van der Waals surface area contributed by atoms with Crippen molar-refractivity contribution in [3.63, 3.8) is 0 Å². The number of benzene rings is 2. The molecule has 0 aliphatic carbocycles. The highest BCUT2D eigenvalue weighted by atomic mass is 127. The quantitative estimate of drug-likeness (QED) is 0.471. The normalized spacial score (nSPS) is 17.3. The first-order chi connectivity index (χ1) is 13.3. The number of halogens is 2. The van der Waals surface area contributed by atoms with E-state index in [0.29, 0.717) is 22.6 Å². The Morgan fingerprint density at radius 3 is 2.64 bits per heavy atom. The molecular formula is C19H18FIN2O4S. The fourth-order valence-corrected chi connectivity index (χ4v) is 4.45. The van der Waals surface area contributed by atoms with Crippen molar-refractivity contribution in [2.75, 3.05) is 18.0 Å². The number of anilines is 1. The number of cyclic esters (lactones) is 1. The molecule has 3 rings (SSSR count). The van der Waals surface area contributed by atoms with E-state index >= 15 is 0 Å². The van der Waals surface area contributed by atoms with E-state index in [9.17, 15) is 18.2 Å². The van der Waals surface area contributed by atoms with Crippen LogP contribution in [0.15, 0.2) is 42.5 Å². The monoisotopic (exact) mass is 516 g/mol. The fourth-order valence-electron chi connectivity index (χ4n) is 2.91. The minimum Gasteiger partial charge on any atom is -0.442 e. The molecule has 2 amide bonds. The van der Waals surface area contributed by atoms with Gasteiger partial charge in [-0.1, -0.05) is 24.3 Å². The molecule has 1 unspecified atom stereocenters. The zero-order valence-electron chi connectivity index (χ0n) is 15.0. The predicted molar refractivity (Wildman–Crippen MR) is 114 cm³/mol. The number of amides is 2. The zero-order valence-corrected chi connectivity index (χ0v) is 18.0. The van der Waals surface area contributed by atoms with Gasteiger partial charge in [-0.2, -0.15) is 0 Å². The summed E-state index contributed by atoms with van der Waals surface area (Å²) in [4.78, 5) is 24.4. The topological polar surface area (TPSA) is 75.7 Å². The average molecular weight is 516 g/mol. The van der Waals surface area contributed by atoms with Gasteiger partial charge in [0.25, 0.3) is 0 Å². The van der Waals surface area contributed by atoms with Crippen LogP contribution in [-0.4, -0.2) is 35.4 Å². The summed E-state index contributed by atoms with van der Waals surface area (Å²) in [6.07, 6.45) is -1.05. The number of ether oxygens (including phenoxy) is 1. The second kappa shape index (κ2) is 8.99. The summed E-state index contributed by atoms with van der Waals surface area (Å²) < 4.78 is 31.2. The third-order valence-corrected chi connectivity index (χ3v) is 5.76. The van der Waals surface area contributed by atoms with Crippen LogP contribution in [0.1, 0.15) is 12.5 Å². The molecule has 0 spiro atoms. The molecule has 2 aromatic rings. The van der Waals surface area contributed by atoms with Crippen molar-refractivity contribution >= 4 is 46.9 Å². The van der Waals surface area contributed by atoms with E-state index in [1.54, 1.807) is 24.3 Å². The summed E-state index contributed by atoms with van der Waals surface area (Å²) in [7, 11) is -0.964. The zero-order chi connectivity index (χ0) is 20.3. The molecule has 2 aromatic carbocycles. The summed E-state index contributed by atoms with van der Waals surface area (Å²) in [6.45, 7) is 1.84. The lowest BCUT2D eigenvalue weighted by Gasteiger charge is -2.14. The average Bonchev–Trinajstić information content (AvgIpc) is 3.01. The number of hydrogen-bond acceptors (Lipinski definition) is 4. The number of nitrogens with one attached hydrogen (secondary N) is 1. The first kappa shape index (κ1) is 20.7. The molecule has 1 heterocycles. The highest BCUT2D eigenvalue weighted by molar-refractivity contribution is 14.2. The molecule has 0 saturated carbocycles. The predicted octanol–water partition coefficient (Wildman–Crippen LogP) is 3.55. The molecule has 1 aliphatic heterocycles. The van der Waals surface area contributed by atoms with Crippen LogP contribution in [-0.2, 0) is 23.3 Å².